The third-order valence-electron chi connectivity index (χ3n) is 4.34. The van der Waals surface area contributed by atoms with E-state index >= 15 is 0 Å². The fraction of sp³-hybridized carbons (Fsp3) is 1.00. The summed E-state index contributed by atoms with van der Waals surface area (Å²) in [6.07, 6.45) is 4.77. The first-order chi connectivity index (χ1) is 9.31. The number of hydrazine groups is 1. The molecule has 1 saturated carbocycles. The van der Waals surface area contributed by atoms with E-state index in [0.29, 0.717) is 18.9 Å². The zero-order valence-electron chi connectivity index (χ0n) is 13.1. The van der Waals surface area contributed by atoms with Crippen molar-refractivity contribution < 1.29 is 13.2 Å². The fourth-order valence-electron chi connectivity index (χ4n) is 3.30. The normalized spacial score (nSPS) is 27.5. The van der Waals surface area contributed by atoms with E-state index in [1.807, 2.05) is 6.92 Å². The first-order valence-electron chi connectivity index (χ1n) is 7.57. The van der Waals surface area contributed by atoms with Gasteiger partial charge >= 0.3 is 0 Å². The Kier molecular flexibility index (Phi) is 6.91. The molecule has 0 aromatic rings. The van der Waals surface area contributed by atoms with Crippen LogP contribution < -0.4 is 11.3 Å². The second-order valence-electron chi connectivity index (χ2n) is 6.23. The number of hydrogen-bond acceptors (Lipinski definition) is 5. The summed E-state index contributed by atoms with van der Waals surface area (Å²) in [6, 6.07) is 0.0134. The molecule has 20 heavy (non-hydrogen) atoms. The number of nitrogens with one attached hydrogen (secondary N) is 1. The molecule has 1 aliphatic carbocycles. The summed E-state index contributed by atoms with van der Waals surface area (Å²) >= 11 is 0. The van der Waals surface area contributed by atoms with E-state index in [0.717, 1.165) is 19.3 Å². The van der Waals surface area contributed by atoms with Gasteiger partial charge in [-0.1, -0.05) is 20.3 Å². The Morgan fingerprint density at radius 3 is 2.45 bits per heavy atom. The molecule has 0 bridgehead atoms. The topological polar surface area (TPSA) is 81.4 Å². The quantitative estimate of drug-likeness (QED) is 0.550. The molecule has 6 heteroatoms. The molecule has 5 nitrogen and oxygen atoms in total. The van der Waals surface area contributed by atoms with E-state index in [2.05, 4.69) is 19.3 Å². The van der Waals surface area contributed by atoms with Crippen molar-refractivity contribution in [2.75, 3.05) is 12.9 Å². The Hall–Kier alpha value is -0.170. The molecular formula is C14H30N2O3S. The monoisotopic (exact) mass is 306 g/mol. The molecule has 1 rings (SSSR count). The van der Waals surface area contributed by atoms with E-state index in [4.69, 9.17) is 10.6 Å². The van der Waals surface area contributed by atoms with Crippen LogP contribution in [0.2, 0.25) is 0 Å². The second kappa shape index (κ2) is 7.73. The van der Waals surface area contributed by atoms with Gasteiger partial charge in [0.25, 0.3) is 0 Å². The highest BCUT2D eigenvalue weighted by Crippen LogP contribution is 2.33. The fourth-order valence-corrected chi connectivity index (χ4v) is 4.49. The van der Waals surface area contributed by atoms with Crippen molar-refractivity contribution in [3.8, 4) is 0 Å². The van der Waals surface area contributed by atoms with E-state index in [1.54, 1.807) is 0 Å². The molecule has 1 aliphatic rings. The average molecular weight is 306 g/mol. The van der Waals surface area contributed by atoms with Crippen LogP contribution in [0.5, 0.6) is 0 Å². The van der Waals surface area contributed by atoms with Crippen LogP contribution in [-0.2, 0) is 14.6 Å². The third kappa shape index (κ3) is 4.69. The Morgan fingerprint density at radius 2 is 2.00 bits per heavy atom. The average Bonchev–Trinajstić information content (AvgIpc) is 2.38. The number of rotatable bonds is 7. The minimum Gasteiger partial charge on any atom is -0.377 e. The van der Waals surface area contributed by atoms with Crippen LogP contribution in [0.15, 0.2) is 0 Å². The van der Waals surface area contributed by atoms with Gasteiger partial charge in [-0.2, -0.15) is 0 Å². The van der Waals surface area contributed by atoms with Crippen molar-refractivity contribution in [3.63, 3.8) is 0 Å². The van der Waals surface area contributed by atoms with Crippen LogP contribution in [0.3, 0.4) is 0 Å². The Balaban J connectivity index is 2.82. The summed E-state index contributed by atoms with van der Waals surface area (Å²) in [5, 5.41) is -0.230. The molecule has 0 saturated heterocycles. The first kappa shape index (κ1) is 17.9. The highest BCUT2D eigenvalue weighted by Gasteiger charge is 2.37. The van der Waals surface area contributed by atoms with Gasteiger partial charge in [-0.05, 0) is 38.0 Å². The van der Waals surface area contributed by atoms with Crippen molar-refractivity contribution in [2.24, 2.45) is 17.7 Å². The molecule has 3 N–H and O–H groups in total. The van der Waals surface area contributed by atoms with Crippen molar-refractivity contribution >= 4 is 9.84 Å². The first-order valence-corrected chi connectivity index (χ1v) is 9.53. The lowest BCUT2D eigenvalue weighted by molar-refractivity contribution is -0.0166. The van der Waals surface area contributed by atoms with Crippen LogP contribution in [0.1, 0.15) is 46.5 Å². The van der Waals surface area contributed by atoms with Crippen LogP contribution in [0.25, 0.3) is 0 Å². The lowest BCUT2D eigenvalue weighted by Crippen LogP contribution is -2.53. The summed E-state index contributed by atoms with van der Waals surface area (Å²) in [4.78, 5) is 0. The van der Waals surface area contributed by atoms with Gasteiger partial charge in [0, 0.05) is 12.9 Å². The van der Waals surface area contributed by atoms with Gasteiger partial charge in [-0.25, -0.2) is 8.42 Å². The Labute approximate surface area is 123 Å². The lowest BCUT2D eigenvalue weighted by atomic mass is 9.79. The van der Waals surface area contributed by atoms with Gasteiger partial charge in [-0.3, -0.25) is 11.3 Å². The lowest BCUT2D eigenvalue weighted by Gasteiger charge is -2.39. The maximum Gasteiger partial charge on any atom is 0.150 e. The van der Waals surface area contributed by atoms with E-state index in [1.165, 1.54) is 6.26 Å². The summed E-state index contributed by atoms with van der Waals surface area (Å²) in [6.45, 7) is 6.84. The minimum absolute atomic E-state index is 0.0134. The van der Waals surface area contributed by atoms with Gasteiger partial charge in [0.1, 0.15) is 9.84 Å². The maximum atomic E-state index is 11.8. The van der Waals surface area contributed by atoms with Crippen molar-refractivity contribution in [1.29, 1.82) is 0 Å². The molecule has 4 atom stereocenters. The highest BCUT2D eigenvalue weighted by molar-refractivity contribution is 7.91. The minimum atomic E-state index is -2.97. The van der Waals surface area contributed by atoms with Crippen LogP contribution >= 0.6 is 0 Å². The number of hydrogen-bond donors (Lipinski definition) is 2. The van der Waals surface area contributed by atoms with E-state index < -0.39 is 9.84 Å². The smallest absolute Gasteiger partial charge is 0.150 e. The molecule has 0 heterocycles. The molecule has 0 aromatic carbocycles. The molecule has 120 valence electrons. The van der Waals surface area contributed by atoms with Gasteiger partial charge in [0.15, 0.2) is 0 Å². The predicted molar refractivity (Wildman–Crippen MR) is 82.0 cm³/mol. The van der Waals surface area contributed by atoms with Gasteiger partial charge in [-0.15, -0.1) is 0 Å². The maximum absolute atomic E-state index is 11.8. The number of sulfone groups is 1. The SMILES string of the molecule is CCOC(C(C)C)C(NN)C1CCCC(S(C)(=O)=O)C1. The van der Waals surface area contributed by atoms with Crippen LogP contribution in [0.4, 0.5) is 0 Å². The zero-order chi connectivity index (χ0) is 15.3. The summed E-state index contributed by atoms with van der Waals surface area (Å²) < 4.78 is 29.4. The van der Waals surface area contributed by atoms with Crippen molar-refractivity contribution in [1.82, 2.24) is 5.43 Å². The highest BCUT2D eigenvalue weighted by atomic mass is 32.2. The zero-order valence-corrected chi connectivity index (χ0v) is 13.9. The van der Waals surface area contributed by atoms with Gasteiger partial charge in [0.05, 0.1) is 17.4 Å². The summed E-state index contributed by atoms with van der Waals surface area (Å²) in [5.74, 6) is 6.35. The van der Waals surface area contributed by atoms with E-state index in [9.17, 15) is 8.42 Å². The molecule has 4 unspecified atom stereocenters. The standard InChI is InChI=1S/C14H30N2O3S/c1-5-19-14(10(2)3)13(16-15)11-7-6-8-12(9-11)20(4,17)18/h10-14,16H,5-9,15H2,1-4H3. The molecule has 0 radical (unpaired) electrons. The van der Waals surface area contributed by atoms with Crippen molar-refractivity contribution in [3.05, 3.63) is 0 Å². The second-order valence-corrected chi connectivity index (χ2v) is 8.56. The molecule has 0 aromatic heterocycles. The largest absolute Gasteiger partial charge is 0.377 e. The molecule has 0 spiro atoms. The Bertz CT molecular complexity index is 384. The van der Waals surface area contributed by atoms with Gasteiger partial charge < -0.3 is 4.74 Å². The van der Waals surface area contributed by atoms with Crippen LogP contribution in [0, 0.1) is 11.8 Å². The third-order valence-corrected chi connectivity index (χ3v) is 5.98. The summed E-state index contributed by atoms with van der Waals surface area (Å²) in [5.41, 5.74) is 2.89. The van der Waals surface area contributed by atoms with Crippen molar-refractivity contribution in [2.45, 2.75) is 63.9 Å². The molecule has 1 fully saturated rings. The summed E-state index contributed by atoms with van der Waals surface area (Å²) in [7, 11) is -2.97. The Morgan fingerprint density at radius 1 is 1.35 bits per heavy atom. The predicted octanol–water partition coefficient (Wildman–Crippen LogP) is 1.48. The van der Waals surface area contributed by atoms with Crippen LogP contribution in [-0.4, -0.2) is 38.7 Å². The van der Waals surface area contributed by atoms with E-state index in [-0.39, 0.29) is 23.3 Å². The molecule has 0 aliphatic heterocycles. The number of ether oxygens (including phenoxy) is 1. The number of nitrogens with two attached hydrogens (primary N) is 1. The molecular weight excluding hydrogens is 276 g/mol. The molecule has 0 amide bonds. The van der Waals surface area contributed by atoms with Gasteiger partial charge in [0.2, 0.25) is 0 Å².